The van der Waals surface area contributed by atoms with Crippen LogP contribution in [0.3, 0.4) is 0 Å². The number of nitrogens with one attached hydrogen (secondary N) is 1. The number of alkyl halides is 3. The lowest BCUT2D eigenvalue weighted by Crippen LogP contribution is -2.37. The van der Waals surface area contributed by atoms with Crippen molar-refractivity contribution in [3.05, 3.63) is 35.4 Å². The summed E-state index contributed by atoms with van der Waals surface area (Å²) in [5, 5.41) is 11.5. The van der Waals surface area contributed by atoms with Crippen molar-refractivity contribution in [2.24, 2.45) is 5.92 Å². The lowest BCUT2D eigenvalue weighted by molar-refractivity contribution is -0.141. The van der Waals surface area contributed by atoms with Crippen LogP contribution in [0.2, 0.25) is 0 Å². The van der Waals surface area contributed by atoms with E-state index in [2.05, 4.69) is 5.32 Å². The Hall–Kier alpha value is -2.25. The molecule has 0 saturated carbocycles. The standard InChI is InChI=1S/C16H20F3NO4/c1-15(2,3)24-14(23)20-9-11(13(21)22)7-10-5-4-6-12(8-10)16(17,18)19/h4-6,8,11H,7,9H2,1-3H3,(H,20,23)(H,21,22). The fourth-order valence-corrected chi connectivity index (χ4v) is 1.93. The summed E-state index contributed by atoms with van der Waals surface area (Å²) in [6.07, 6.45) is -5.42. The molecule has 0 fully saturated rings. The Kier molecular flexibility index (Phi) is 6.22. The summed E-state index contributed by atoms with van der Waals surface area (Å²) in [6.45, 7) is 4.72. The highest BCUT2D eigenvalue weighted by molar-refractivity contribution is 5.73. The molecule has 0 aliphatic heterocycles. The van der Waals surface area contributed by atoms with Gasteiger partial charge >= 0.3 is 18.2 Å². The molecule has 1 atom stereocenters. The van der Waals surface area contributed by atoms with Gasteiger partial charge in [-0.25, -0.2) is 4.79 Å². The zero-order valence-electron chi connectivity index (χ0n) is 13.6. The number of carbonyl (C=O) groups is 2. The van der Waals surface area contributed by atoms with Gasteiger partial charge in [-0.05, 0) is 38.8 Å². The highest BCUT2D eigenvalue weighted by Crippen LogP contribution is 2.30. The SMILES string of the molecule is CC(C)(C)OC(=O)NCC(Cc1cccc(C(F)(F)F)c1)C(=O)O. The van der Waals surface area contributed by atoms with Crippen LogP contribution in [-0.4, -0.2) is 29.3 Å². The van der Waals surface area contributed by atoms with Gasteiger partial charge in [0.1, 0.15) is 5.60 Å². The van der Waals surface area contributed by atoms with Crippen LogP contribution in [0.4, 0.5) is 18.0 Å². The van der Waals surface area contributed by atoms with E-state index in [9.17, 15) is 27.9 Å². The molecule has 0 aliphatic carbocycles. The van der Waals surface area contributed by atoms with Gasteiger partial charge in [0.15, 0.2) is 0 Å². The molecular weight excluding hydrogens is 327 g/mol. The van der Waals surface area contributed by atoms with Gasteiger partial charge in [0.25, 0.3) is 0 Å². The number of carboxylic acids is 1. The lowest BCUT2D eigenvalue weighted by atomic mass is 9.98. The van der Waals surface area contributed by atoms with Gasteiger partial charge in [-0.15, -0.1) is 0 Å². The number of rotatable bonds is 5. The number of hydrogen-bond acceptors (Lipinski definition) is 3. The molecule has 24 heavy (non-hydrogen) atoms. The van der Waals surface area contributed by atoms with E-state index >= 15 is 0 Å². The Labute approximate surface area is 137 Å². The predicted octanol–water partition coefficient (Wildman–Crippen LogP) is 3.47. The molecule has 0 bridgehead atoms. The third-order valence-corrected chi connectivity index (χ3v) is 2.98. The summed E-state index contributed by atoms with van der Waals surface area (Å²) in [5.74, 6) is -2.29. The number of benzene rings is 1. The Bertz CT molecular complexity index is 594. The predicted molar refractivity (Wildman–Crippen MR) is 80.5 cm³/mol. The molecule has 1 unspecified atom stereocenters. The van der Waals surface area contributed by atoms with Crippen LogP contribution in [0.1, 0.15) is 31.9 Å². The number of alkyl carbamates (subject to hydrolysis) is 1. The molecule has 8 heteroatoms. The van der Waals surface area contributed by atoms with E-state index in [-0.39, 0.29) is 18.5 Å². The van der Waals surface area contributed by atoms with Crippen LogP contribution in [0.25, 0.3) is 0 Å². The quantitative estimate of drug-likeness (QED) is 0.855. The van der Waals surface area contributed by atoms with Crippen molar-refractivity contribution in [3.63, 3.8) is 0 Å². The maximum absolute atomic E-state index is 12.7. The van der Waals surface area contributed by atoms with E-state index in [4.69, 9.17) is 4.74 Å². The van der Waals surface area contributed by atoms with Crippen molar-refractivity contribution in [2.45, 2.75) is 39.0 Å². The Morgan fingerprint density at radius 2 is 1.88 bits per heavy atom. The molecule has 2 N–H and O–H groups in total. The number of hydrogen-bond donors (Lipinski definition) is 2. The monoisotopic (exact) mass is 347 g/mol. The average Bonchev–Trinajstić information content (AvgIpc) is 2.40. The Morgan fingerprint density at radius 3 is 2.38 bits per heavy atom. The van der Waals surface area contributed by atoms with Crippen LogP contribution in [-0.2, 0) is 22.1 Å². The maximum atomic E-state index is 12.7. The van der Waals surface area contributed by atoms with E-state index in [1.165, 1.54) is 12.1 Å². The summed E-state index contributed by atoms with van der Waals surface area (Å²) >= 11 is 0. The second kappa shape index (κ2) is 7.55. The van der Waals surface area contributed by atoms with E-state index < -0.39 is 35.3 Å². The van der Waals surface area contributed by atoms with Gasteiger partial charge in [-0.2, -0.15) is 13.2 Å². The highest BCUT2D eigenvalue weighted by Gasteiger charge is 2.31. The van der Waals surface area contributed by atoms with Gasteiger partial charge in [-0.1, -0.05) is 18.2 Å². The van der Waals surface area contributed by atoms with Crippen LogP contribution in [0, 0.1) is 5.92 Å². The number of ether oxygens (including phenoxy) is 1. The van der Waals surface area contributed by atoms with Crippen LogP contribution in [0.5, 0.6) is 0 Å². The first-order chi connectivity index (χ1) is 10.9. The minimum atomic E-state index is -4.50. The largest absolute Gasteiger partial charge is 0.481 e. The first kappa shape index (κ1) is 19.8. The second-order valence-electron chi connectivity index (χ2n) is 6.32. The van der Waals surface area contributed by atoms with Crippen molar-refractivity contribution in [2.75, 3.05) is 6.54 Å². The minimum Gasteiger partial charge on any atom is -0.481 e. The van der Waals surface area contributed by atoms with Crippen molar-refractivity contribution in [3.8, 4) is 0 Å². The summed E-state index contributed by atoms with van der Waals surface area (Å²) in [7, 11) is 0. The topological polar surface area (TPSA) is 75.6 Å². The number of amides is 1. The number of halogens is 3. The molecular formula is C16H20F3NO4. The van der Waals surface area contributed by atoms with E-state index in [1.807, 2.05) is 0 Å². The van der Waals surface area contributed by atoms with Crippen molar-refractivity contribution >= 4 is 12.1 Å². The Morgan fingerprint density at radius 1 is 1.25 bits per heavy atom. The zero-order chi connectivity index (χ0) is 18.5. The minimum absolute atomic E-state index is 0.144. The molecule has 0 saturated heterocycles. The number of carboxylic acid groups (broad SMARTS) is 1. The molecule has 5 nitrogen and oxygen atoms in total. The Balaban J connectivity index is 2.74. The van der Waals surface area contributed by atoms with Gasteiger partial charge in [0, 0.05) is 6.54 Å². The number of carbonyl (C=O) groups excluding carboxylic acids is 1. The summed E-state index contributed by atoms with van der Waals surface area (Å²) < 4.78 is 43.0. The summed E-state index contributed by atoms with van der Waals surface area (Å²) in [5.41, 5.74) is -1.35. The fraction of sp³-hybridized carbons (Fsp3) is 0.500. The molecule has 134 valence electrons. The van der Waals surface area contributed by atoms with E-state index in [1.54, 1.807) is 20.8 Å². The first-order valence-electron chi connectivity index (χ1n) is 7.24. The molecule has 0 radical (unpaired) electrons. The molecule has 1 aromatic carbocycles. The third-order valence-electron chi connectivity index (χ3n) is 2.98. The van der Waals surface area contributed by atoms with Crippen LogP contribution < -0.4 is 5.32 Å². The lowest BCUT2D eigenvalue weighted by Gasteiger charge is -2.21. The van der Waals surface area contributed by atoms with Gasteiger partial charge in [-0.3, -0.25) is 4.79 Å². The normalized spacial score (nSPS) is 13.2. The van der Waals surface area contributed by atoms with E-state index in [0.29, 0.717) is 0 Å². The highest BCUT2D eigenvalue weighted by atomic mass is 19.4. The smallest absolute Gasteiger partial charge is 0.416 e. The molecule has 0 spiro atoms. The molecule has 0 aliphatic rings. The summed E-state index contributed by atoms with van der Waals surface area (Å²) in [6, 6.07) is 4.46. The zero-order valence-corrected chi connectivity index (χ0v) is 13.6. The van der Waals surface area contributed by atoms with Gasteiger partial charge in [0.2, 0.25) is 0 Å². The third kappa shape index (κ3) is 6.89. The fourth-order valence-electron chi connectivity index (χ4n) is 1.93. The average molecular weight is 347 g/mol. The van der Waals surface area contributed by atoms with Gasteiger partial charge in [0.05, 0.1) is 11.5 Å². The molecule has 1 amide bonds. The van der Waals surface area contributed by atoms with Crippen molar-refractivity contribution in [1.29, 1.82) is 0 Å². The van der Waals surface area contributed by atoms with E-state index in [0.717, 1.165) is 12.1 Å². The summed E-state index contributed by atoms with van der Waals surface area (Å²) in [4.78, 5) is 22.8. The molecule has 1 aromatic rings. The molecule has 0 aromatic heterocycles. The van der Waals surface area contributed by atoms with Crippen LogP contribution >= 0.6 is 0 Å². The number of aliphatic carboxylic acids is 1. The van der Waals surface area contributed by atoms with Gasteiger partial charge < -0.3 is 15.2 Å². The first-order valence-corrected chi connectivity index (χ1v) is 7.24. The second-order valence-corrected chi connectivity index (χ2v) is 6.32. The molecule has 1 rings (SSSR count). The molecule has 0 heterocycles. The van der Waals surface area contributed by atoms with Crippen molar-refractivity contribution in [1.82, 2.24) is 5.32 Å². The van der Waals surface area contributed by atoms with Crippen molar-refractivity contribution < 1.29 is 32.6 Å². The maximum Gasteiger partial charge on any atom is 0.416 e. The van der Waals surface area contributed by atoms with Crippen LogP contribution in [0.15, 0.2) is 24.3 Å².